The van der Waals surface area contributed by atoms with E-state index in [1.807, 2.05) is 26.0 Å². The van der Waals surface area contributed by atoms with Crippen molar-refractivity contribution in [1.82, 2.24) is 0 Å². The fourth-order valence-electron chi connectivity index (χ4n) is 3.04. The van der Waals surface area contributed by atoms with Crippen LogP contribution in [0.4, 0.5) is 0 Å². The minimum atomic E-state index is -0.610. The maximum absolute atomic E-state index is 12.3. The van der Waals surface area contributed by atoms with Crippen LogP contribution < -0.4 is 0 Å². The molecule has 0 radical (unpaired) electrons. The Morgan fingerprint density at radius 3 is 2.32 bits per heavy atom. The third-order valence-corrected chi connectivity index (χ3v) is 4.78. The molecule has 4 heteroatoms. The second-order valence-corrected chi connectivity index (χ2v) is 6.17. The lowest BCUT2D eigenvalue weighted by Gasteiger charge is -2.39. The quantitative estimate of drug-likeness (QED) is 0.355. The van der Waals surface area contributed by atoms with Crippen molar-refractivity contribution in [2.24, 2.45) is 17.3 Å². The summed E-state index contributed by atoms with van der Waals surface area (Å²) in [6, 6.07) is 0. The minimum absolute atomic E-state index is 0.186. The van der Waals surface area contributed by atoms with E-state index >= 15 is 0 Å². The van der Waals surface area contributed by atoms with Crippen LogP contribution in [-0.4, -0.2) is 11.9 Å². The summed E-state index contributed by atoms with van der Waals surface area (Å²) >= 11 is 0. The molecule has 0 aromatic rings. The molecule has 0 amide bonds. The predicted octanol–water partition coefficient (Wildman–Crippen LogP) is 4.59. The van der Waals surface area contributed by atoms with Gasteiger partial charge in [0, 0.05) is 0 Å². The molecule has 0 saturated carbocycles. The maximum Gasteiger partial charge on any atom is 0.365 e. The number of carbonyl (C=O) groups is 2. The third-order valence-electron chi connectivity index (χ3n) is 4.78. The zero-order valence-electron chi connectivity index (χ0n) is 14.4. The van der Waals surface area contributed by atoms with E-state index < -0.39 is 17.4 Å². The van der Waals surface area contributed by atoms with E-state index in [-0.39, 0.29) is 11.8 Å². The fraction of sp³-hybridized carbons (Fsp3) is 0.778. The molecule has 0 saturated heterocycles. The number of allylic oxidation sites excluding steroid dienone is 1. The lowest BCUT2D eigenvalue weighted by atomic mass is 9.64. The first-order valence-corrected chi connectivity index (χ1v) is 8.67. The molecule has 0 spiro atoms. The Labute approximate surface area is 134 Å². The van der Waals surface area contributed by atoms with E-state index in [1.54, 1.807) is 0 Å². The molecular weight excluding hydrogens is 280 g/mol. The smallest absolute Gasteiger partial charge is 0.247 e. The molecule has 4 nitrogen and oxygen atoms in total. The highest BCUT2D eigenvalue weighted by Crippen LogP contribution is 2.46. The van der Waals surface area contributed by atoms with Crippen LogP contribution in [0.25, 0.3) is 0 Å². The Morgan fingerprint density at radius 1 is 1.14 bits per heavy atom. The molecule has 3 unspecified atom stereocenters. The van der Waals surface area contributed by atoms with Crippen molar-refractivity contribution in [2.45, 2.75) is 72.6 Å². The van der Waals surface area contributed by atoms with Crippen molar-refractivity contribution >= 4 is 11.9 Å². The highest BCUT2D eigenvalue weighted by atomic mass is 17.2. The van der Waals surface area contributed by atoms with Gasteiger partial charge in [-0.05, 0) is 31.6 Å². The highest BCUT2D eigenvalue weighted by molar-refractivity contribution is 5.82. The van der Waals surface area contributed by atoms with Crippen LogP contribution >= 0.6 is 0 Å². The number of carbonyl (C=O) groups excluding carboxylic acids is 2. The number of hydrogen-bond acceptors (Lipinski definition) is 4. The van der Waals surface area contributed by atoms with Gasteiger partial charge >= 0.3 is 11.9 Å². The molecule has 1 rings (SSSR count). The van der Waals surface area contributed by atoms with E-state index in [4.69, 9.17) is 9.78 Å². The van der Waals surface area contributed by atoms with E-state index in [1.165, 1.54) is 0 Å². The van der Waals surface area contributed by atoms with Gasteiger partial charge < -0.3 is 0 Å². The maximum atomic E-state index is 12.3. The number of hydrogen-bond donors (Lipinski definition) is 0. The molecule has 0 N–H and O–H groups in total. The zero-order valence-corrected chi connectivity index (χ0v) is 14.4. The van der Waals surface area contributed by atoms with Gasteiger partial charge in [-0.3, -0.25) is 0 Å². The van der Waals surface area contributed by atoms with Gasteiger partial charge in [0.25, 0.3) is 0 Å². The Kier molecular flexibility index (Phi) is 7.63. The molecule has 1 aliphatic carbocycles. The van der Waals surface area contributed by atoms with Gasteiger partial charge in [0.2, 0.25) is 0 Å². The molecule has 0 fully saturated rings. The van der Waals surface area contributed by atoms with Gasteiger partial charge in [-0.25, -0.2) is 19.4 Å². The van der Waals surface area contributed by atoms with Crippen molar-refractivity contribution in [2.75, 3.05) is 0 Å². The van der Waals surface area contributed by atoms with Crippen molar-refractivity contribution in [1.29, 1.82) is 0 Å². The van der Waals surface area contributed by atoms with Gasteiger partial charge in [0.1, 0.15) is 0 Å². The van der Waals surface area contributed by atoms with Crippen LogP contribution in [0.15, 0.2) is 12.2 Å². The SMILES string of the molecule is CCCCC(CC)C(=O)OOC(=O)C1(CC)C=CC1CCC. The van der Waals surface area contributed by atoms with Crippen molar-refractivity contribution in [3.05, 3.63) is 12.2 Å². The standard InChI is InChI=1S/C18H30O4/c1-5-9-11-14(7-3)16(19)21-22-17(20)18(8-4)13-12-15(18)10-6-2/h12-15H,5-11H2,1-4H3. The minimum Gasteiger partial charge on any atom is -0.247 e. The lowest BCUT2D eigenvalue weighted by molar-refractivity contribution is -0.270. The van der Waals surface area contributed by atoms with Crippen LogP contribution in [0.2, 0.25) is 0 Å². The molecule has 0 aliphatic heterocycles. The Bertz CT molecular complexity index is 402. The molecule has 0 aromatic heterocycles. The fourth-order valence-corrected chi connectivity index (χ4v) is 3.04. The van der Waals surface area contributed by atoms with E-state index in [0.29, 0.717) is 12.8 Å². The second-order valence-electron chi connectivity index (χ2n) is 6.17. The second kappa shape index (κ2) is 8.96. The van der Waals surface area contributed by atoms with Crippen LogP contribution in [0.5, 0.6) is 0 Å². The number of unbranched alkanes of at least 4 members (excludes halogenated alkanes) is 1. The van der Waals surface area contributed by atoms with Crippen LogP contribution in [0.1, 0.15) is 72.6 Å². The van der Waals surface area contributed by atoms with Crippen LogP contribution in [0.3, 0.4) is 0 Å². The first-order chi connectivity index (χ1) is 10.6. The molecule has 0 heterocycles. The van der Waals surface area contributed by atoms with Crippen LogP contribution in [-0.2, 0) is 19.4 Å². The summed E-state index contributed by atoms with van der Waals surface area (Å²) < 4.78 is 0. The lowest BCUT2D eigenvalue weighted by Crippen LogP contribution is -2.43. The van der Waals surface area contributed by atoms with Gasteiger partial charge in [0.05, 0.1) is 11.3 Å². The summed E-state index contributed by atoms with van der Waals surface area (Å²) in [4.78, 5) is 34.1. The summed E-state index contributed by atoms with van der Waals surface area (Å²) in [5, 5.41) is 0. The topological polar surface area (TPSA) is 52.6 Å². The normalized spacial score (nSPS) is 24.5. The molecule has 1 aliphatic rings. The Balaban J connectivity index is 2.54. The molecule has 3 atom stereocenters. The molecule has 0 aromatic carbocycles. The van der Waals surface area contributed by atoms with Gasteiger partial charge in [-0.2, -0.15) is 0 Å². The average molecular weight is 310 g/mol. The summed E-state index contributed by atoms with van der Waals surface area (Å²) in [5.41, 5.74) is -0.610. The molecule has 22 heavy (non-hydrogen) atoms. The first-order valence-electron chi connectivity index (χ1n) is 8.67. The molecule has 126 valence electrons. The predicted molar refractivity (Wildman–Crippen MR) is 85.8 cm³/mol. The van der Waals surface area contributed by atoms with E-state index in [2.05, 4.69) is 13.8 Å². The summed E-state index contributed by atoms with van der Waals surface area (Å²) in [6.45, 7) is 8.09. The highest BCUT2D eigenvalue weighted by Gasteiger charge is 2.48. The summed E-state index contributed by atoms with van der Waals surface area (Å²) in [5.74, 6) is -0.856. The Hall–Kier alpha value is -1.32. The van der Waals surface area contributed by atoms with Crippen molar-refractivity contribution < 1.29 is 19.4 Å². The monoisotopic (exact) mass is 310 g/mol. The third kappa shape index (κ3) is 4.11. The van der Waals surface area contributed by atoms with Crippen LogP contribution in [0, 0.1) is 17.3 Å². The van der Waals surface area contributed by atoms with E-state index in [9.17, 15) is 9.59 Å². The van der Waals surface area contributed by atoms with Crippen molar-refractivity contribution in [3.8, 4) is 0 Å². The molecular formula is C18H30O4. The average Bonchev–Trinajstić information content (AvgIpc) is 2.51. The molecule has 0 bridgehead atoms. The van der Waals surface area contributed by atoms with Gasteiger partial charge in [0.15, 0.2) is 0 Å². The zero-order chi connectivity index (χ0) is 16.6. The van der Waals surface area contributed by atoms with Gasteiger partial charge in [-0.15, -0.1) is 0 Å². The Morgan fingerprint density at radius 2 is 1.86 bits per heavy atom. The summed E-state index contributed by atoms with van der Waals surface area (Å²) in [6.07, 6.45) is 10.0. The van der Waals surface area contributed by atoms with Crippen molar-refractivity contribution in [3.63, 3.8) is 0 Å². The first kappa shape index (κ1) is 18.7. The summed E-state index contributed by atoms with van der Waals surface area (Å²) in [7, 11) is 0. The van der Waals surface area contributed by atoms with E-state index in [0.717, 1.165) is 32.1 Å². The van der Waals surface area contributed by atoms with Gasteiger partial charge in [-0.1, -0.05) is 59.1 Å². The number of rotatable bonds is 9. The largest absolute Gasteiger partial charge is 0.365 e.